The van der Waals surface area contributed by atoms with Crippen LogP contribution in [0.25, 0.3) is 22.8 Å². The Morgan fingerprint density at radius 1 is 0.651 bits per heavy atom. The van der Waals surface area contributed by atoms with Gasteiger partial charge in [0.1, 0.15) is 5.82 Å². The average molecular weight is 570 g/mol. The molecule has 0 radical (unpaired) electrons. The molecule has 3 aromatic heterocycles. The Kier molecular flexibility index (Phi) is 5.94. The van der Waals surface area contributed by atoms with Gasteiger partial charge in [-0.3, -0.25) is 9.80 Å². The van der Waals surface area contributed by atoms with Crippen LogP contribution in [0.2, 0.25) is 0 Å². The number of allylic oxidation sites excluding steroid dienone is 1. The largest absolute Gasteiger partial charge is 0.445 e. The van der Waals surface area contributed by atoms with Gasteiger partial charge in [0.15, 0.2) is 17.3 Å². The maximum atomic E-state index is 12.3. The summed E-state index contributed by atoms with van der Waals surface area (Å²) in [5.74, 6) is 0.297. The highest BCUT2D eigenvalue weighted by Gasteiger charge is 2.38. The molecule has 0 bridgehead atoms. The fourth-order valence-corrected chi connectivity index (χ4v) is 5.85. The predicted molar refractivity (Wildman–Crippen MR) is 166 cm³/mol. The maximum Gasteiger partial charge on any atom is 0.445 e. The van der Waals surface area contributed by atoms with Gasteiger partial charge in [-0.1, -0.05) is 48.5 Å². The first-order valence-electron chi connectivity index (χ1n) is 13.8. The summed E-state index contributed by atoms with van der Waals surface area (Å²) < 4.78 is 5.64. The zero-order valence-electron chi connectivity index (χ0n) is 24.3. The van der Waals surface area contributed by atoms with Crippen molar-refractivity contribution in [3.8, 4) is 0 Å². The highest BCUT2D eigenvalue weighted by molar-refractivity contribution is 5.95. The van der Waals surface area contributed by atoms with E-state index in [1.807, 2.05) is 48.6 Å². The van der Waals surface area contributed by atoms with E-state index >= 15 is 0 Å². The summed E-state index contributed by atoms with van der Waals surface area (Å²) in [6.07, 6.45) is 3.77. The summed E-state index contributed by atoms with van der Waals surface area (Å²) in [6.45, 7) is 10.1. The molecular weight excluding hydrogens is 542 g/mol. The van der Waals surface area contributed by atoms with Crippen molar-refractivity contribution in [2.75, 3.05) is 9.80 Å². The van der Waals surface area contributed by atoms with E-state index in [2.05, 4.69) is 76.3 Å². The van der Waals surface area contributed by atoms with Crippen molar-refractivity contribution in [1.29, 1.82) is 0 Å². The highest BCUT2D eigenvalue weighted by atomic mass is 16.4. The van der Waals surface area contributed by atoms with Gasteiger partial charge >= 0.3 is 11.5 Å². The van der Waals surface area contributed by atoms with E-state index in [4.69, 9.17) is 9.97 Å². The lowest BCUT2D eigenvalue weighted by Crippen LogP contribution is -2.25. The Morgan fingerprint density at radius 3 is 1.67 bits per heavy atom. The average Bonchev–Trinajstić information content (AvgIpc) is 3.44. The molecule has 10 heteroatoms. The van der Waals surface area contributed by atoms with E-state index in [9.17, 15) is 9.59 Å². The molecule has 212 valence electrons. The zero-order valence-corrected chi connectivity index (χ0v) is 24.3. The number of aromatic nitrogens is 5. The quantitative estimate of drug-likeness (QED) is 0.295. The molecule has 0 N–H and O–H groups in total. The van der Waals surface area contributed by atoms with Crippen molar-refractivity contribution in [3.05, 3.63) is 127 Å². The molecule has 0 fully saturated rings. The monoisotopic (exact) mass is 569 g/mol. The Hall–Kier alpha value is -5.64. The number of nitrogens with zero attached hydrogens (tertiary/aromatic N) is 7. The van der Waals surface area contributed by atoms with Gasteiger partial charge in [0.05, 0.1) is 28.1 Å². The third-order valence-corrected chi connectivity index (χ3v) is 7.77. The van der Waals surface area contributed by atoms with Crippen molar-refractivity contribution in [3.63, 3.8) is 0 Å². The van der Waals surface area contributed by atoms with Gasteiger partial charge in [-0.25, -0.2) is 19.6 Å². The van der Waals surface area contributed by atoms with E-state index in [0.717, 1.165) is 55.0 Å². The lowest BCUT2D eigenvalue weighted by Gasteiger charge is -2.28. The number of aryl methyl sites for hydroxylation is 5. The fourth-order valence-electron chi connectivity index (χ4n) is 5.85. The minimum absolute atomic E-state index is 0.130. The van der Waals surface area contributed by atoms with Crippen molar-refractivity contribution >= 4 is 45.8 Å². The SMILES string of the molecule is Cc1cccc(C)c1N1C(=C/C=c2/c(C)nn3c(=O)oc(=O)nc23)N(c2c(C)cccc2C)c2nc3ccccc3nc21. The van der Waals surface area contributed by atoms with Crippen LogP contribution in [0.4, 0.5) is 23.0 Å². The third-order valence-electron chi connectivity index (χ3n) is 7.77. The first kappa shape index (κ1) is 26.3. The number of anilines is 4. The van der Waals surface area contributed by atoms with Gasteiger partial charge in [0.25, 0.3) is 0 Å². The Bertz CT molecular complexity index is 2180. The lowest BCUT2D eigenvalue weighted by molar-refractivity contribution is 0.409. The van der Waals surface area contributed by atoms with Gasteiger partial charge in [-0.2, -0.15) is 10.1 Å². The number of hydrogen-bond donors (Lipinski definition) is 0. The van der Waals surface area contributed by atoms with Crippen molar-refractivity contribution in [2.24, 2.45) is 0 Å². The normalized spacial score (nSPS) is 13.4. The van der Waals surface area contributed by atoms with E-state index in [1.54, 1.807) is 6.92 Å². The Labute approximate surface area is 245 Å². The smallest absolute Gasteiger partial charge is 0.356 e. The van der Waals surface area contributed by atoms with Gasteiger partial charge in [0.2, 0.25) is 0 Å². The molecule has 3 aromatic carbocycles. The summed E-state index contributed by atoms with van der Waals surface area (Å²) >= 11 is 0. The Balaban J connectivity index is 1.61. The minimum Gasteiger partial charge on any atom is -0.356 e. The Morgan fingerprint density at radius 2 is 1.16 bits per heavy atom. The first-order valence-corrected chi connectivity index (χ1v) is 13.8. The second-order valence-electron chi connectivity index (χ2n) is 10.7. The van der Waals surface area contributed by atoms with Crippen LogP contribution in [0.5, 0.6) is 0 Å². The van der Waals surface area contributed by atoms with Crippen LogP contribution in [0.3, 0.4) is 0 Å². The molecule has 1 aliphatic rings. The zero-order chi connectivity index (χ0) is 30.0. The molecule has 0 saturated carbocycles. The van der Waals surface area contributed by atoms with Gasteiger partial charge in [0, 0.05) is 5.22 Å². The molecule has 43 heavy (non-hydrogen) atoms. The van der Waals surface area contributed by atoms with Crippen LogP contribution < -0.4 is 26.5 Å². The van der Waals surface area contributed by atoms with Gasteiger partial charge in [-0.05, 0) is 81.2 Å². The summed E-state index contributed by atoms with van der Waals surface area (Å²) in [5.41, 5.74) is 8.45. The topological polar surface area (TPSA) is 110 Å². The fraction of sp³-hybridized carbons (Fsp3) is 0.152. The van der Waals surface area contributed by atoms with Crippen LogP contribution in [0.1, 0.15) is 27.9 Å². The summed E-state index contributed by atoms with van der Waals surface area (Å²) in [7, 11) is 0. The number of para-hydroxylation sites is 4. The number of hydrogen-bond acceptors (Lipinski definition) is 9. The van der Waals surface area contributed by atoms with Crippen LogP contribution in [0.15, 0.2) is 86.6 Å². The number of benzene rings is 3. The minimum atomic E-state index is -0.970. The molecule has 0 amide bonds. The van der Waals surface area contributed by atoms with Crippen LogP contribution in [-0.4, -0.2) is 24.6 Å². The van der Waals surface area contributed by atoms with Crippen LogP contribution >= 0.6 is 0 Å². The van der Waals surface area contributed by atoms with Crippen molar-refractivity contribution in [2.45, 2.75) is 34.6 Å². The summed E-state index contributed by atoms with van der Waals surface area (Å²) in [6, 6.07) is 20.2. The lowest BCUT2D eigenvalue weighted by atomic mass is 10.1. The number of rotatable bonds is 3. The van der Waals surface area contributed by atoms with Gasteiger partial charge in [-0.15, -0.1) is 4.52 Å². The van der Waals surface area contributed by atoms with Crippen LogP contribution in [0, 0.1) is 34.6 Å². The maximum absolute atomic E-state index is 12.3. The first-order chi connectivity index (χ1) is 20.7. The predicted octanol–water partition coefficient (Wildman–Crippen LogP) is 4.86. The molecule has 0 aliphatic carbocycles. The molecule has 0 atom stereocenters. The molecule has 10 nitrogen and oxygen atoms in total. The van der Waals surface area contributed by atoms with Crippen molar-refractivity contribution in [1.82, 2.24) is 24.6 Å². The van der Waals surface area contributed by atoms with E-state index < -0.39 is 11.5 Å². The summed E-state index contributed by atoms with van der Waals surface area (Å²) in [5, 5.41) is 4.81. The van der Waals surface area contributed by atoms with E-state index in [0.29, 0.717) is 22.5 Å². The van der Waals surface area contributed by atoms with Crippen molar-refractivity contribution < 1.29 is 4.42 Å². The summed E-state index contributed by atoms with van der Waals surface area (Å²) in [4.78, 5) is 42.9. The third kappa shape index (κ3) is 4.10. The molecule has 0 saturated heterocycles. The molecule has 1 aliphatic heterocycles. The second-order valence-corrected chi connectivity index (χ2v) is 10.7. The van der Waals surface area contributed by atoms with E-state index in [-0.39, 0.29) is 5.65 Å². The standard InChI is InChI=1S/C33H27N7O3/c1-18-10-8-11-19(2)27(18)38-26(17-16-23-22(5)37-40-29(23)36-32(41)43-33(40)42)39(28-20(3)12-9-13-21(28)4)31-30(38)34-24-14-6-7-15-25(24)35-31/h6-17H,1-5H3/b23-16-. The highest BCUT2D eigenvalue weighted by Crippen LogP contribution is 2.51. The number of fused-ring (bicyclic) bond motifs is 3. The molecule has 0 spiro atoms. The van der Waals surface area contributed by atoms with Crippen LogP contribution in [-0.2, 0) is 0 Å². The second kappa shape index (κ2) is 9.73. The molecule has 4 heterocycles. The molecular formula is C33H27N7O3. The molecule has 6 aromatic rings. The van der Waals surface area contributed by atoms with E-state index in [1.165, 1.54) is 0 Å². The molecule has 7 rings (SSSR count). The molecule has 0 unspecified atom stereocenters. The van der Waals surface area contributed by atoms with Gasteiger partial charge < -0.3 is 4.42 Å².